The first-order chi connectivity index (χ1) is 6.38. The van der Waals surface area contributed by atoms with Crippen LogP contribution in [0.1, 0.15) is 0 Å². The molecular formula is C7H12ClN3OS. The summed E-state index contributed by atoms with van der Waals surface area (Å²) in [5.41, 5.74) is 1.71. The van der Waals surface area contributed by atoms with Gasteiger partial charge >= 0.3 is 0 Å². The Morgan fingerprint density at radius 2 is 2.46 bits per heavy atom. The zero-order valence-corrected chi connectivity index (χ0v) is 9.01. The van der Waals surface area contributed by atoms with Gasteiger partial charge in [-0.25, -0.2) is 0 Å². The van der Waals surface area contributed by atoms with Crippen LogP contribution < -0.4 is 4.90 Å². The Bertz CT molecular complexity index is 220. The van der Waals surface area contributed by atoms with E-state index in [0.717, 1.165) is 18.2 Å². The first-order valence-electron chi connectivity index (χ1n) is 3.94. The minimum absolute atomic E-state index is 0.587. The van der Waals surface area contributed by atoms with Gasteiger partial charge in [-0.2, -0.15) is 0 Å². The second-order valence-corrected chi connectivity index (χ2v) is 3.58. The second-order valence-electron chi connectivity index (χ2n) is 2.39. The number of methoxy groups -OCH3 is 1. The fraction of sp³-hybridized carbons (Fsp3) is 0.714. The Balaban J connectivity index is 2.47. The molecule has 0 amide bonds. The Morgan fingerprint density at radius 1 is 1.62 bits per heavy atom. The highest BCUT2D eigenvalue weighted by molar-refractivity contribution is 7.13. The van der Waals surface area contributed by atoms with Crippen LogP contribution >= 0.6 is 22.9 Å². The van der Waals surface area contributed by atoms with Crippen LogP contribution in [-0.4, -0.2) is 42.9 Å². The van der Waals surface area contributed by atoms with Crippen molar-refractivity contribution in [1.82, 2.24) is 10.2 Å². The van der Waals surface area contributed by atoms with Gasteiger partial charge in [-0.15, -0.1) is 21.8 Å². The number of rotatable bonds is 6. The van der Waals surface area contributed by atoms with E-state index in [0.29, 0.717) is 12.5 Å². The molecule has 74 valence electrons. The van der Waals surface area contributed by atoms with Crippen molar-refractivity contribution in [2.75, 3.05) is 37.6 Å². The Hall–Kier alpha value is -0.390. The van der Waals surface area contributed by atoms with E-state index in [1.54, 1.807) is 12.6 Å². The molecule has 0 radical (unpaired) electrons. The predicted octanol–water partition coefficient (Wildman–Crippen LogP) is 1.23. The topological polar surface area (TPSA) is 38.2 Å². The zero-order chi connectivity index (χ0) is 9.52. The molecule has 13 heavy (non-hydrogen) atoms. The van der Waals surface area contributed by atoms with Crippen LogP contribution in [0.25, 0.3) is 0 Å². The average Bonchev–Trinajstić information content (AvgIpc) is 2.65. The van der Waals surface area contributed by atoms with E-state index < -0.39 is 0 Å². The van der Waals surface area contributed by atoms with Crippen molar-refractivity contribution in [3.8, 4) is 0 Å². The molecule has 0 N–H and O–H groups in total. The van der Waals surface area contributed by atoms with E-state index in [-0.39, 0.29) is 0 Å². The van der Waals surface area contributed by atoms with Crippen LogP contribution in [0, 0.1) is 0 Å². The molecule has 0 aromatic carbocycles. The van der Waals surface area contributed by atoms with Gasteiger partial charge in [-0.1, -0.05) is 11.3 Å². The molecule has 0 atom stereocenters. The maximum atomic E-state index is 5.67. The molecule has 0 fully saturated rings. The highest BCUT2D eigenvalue weighted by atomic mass is 35.5. The number of hydrogen-bond donors (Lipinski definition) is 0. The molecule has 0 spiro atoms. The Morgan fingerprint density at radius 3 is 3.00 bits per heavy atom. The molecule has 1 aromatic heterocycles. The largest absolute Gasteiger partial charge is 0.383 e. The summed E-state index contributed by atoms with van der Waals surface area (Å²) >= 11 is 7.18. The summed E-state index contributed by atoms with van der Waals surface area (Å²) in [5, 5.41) is 8.65. The minimum atomic E-state index is 0.587. The summed E-state index contributed by atoms with van der Waals surface area (Å²) < 4.78 is 4.99. The summed E-state index contributed by atoms with van der Waals surface area (Å²) in [7, 11) is 1.68. The molecule has 1 aromatic rings. The van der Waals surface area contributed by atoms with Gasteiger partial charge < -0.3 is 9.64 Å². The number of ether oxygens (including phenoxy) is 1. The molecule has 6 heteroatoms. The number of aromatic nitrogens is 2. The van der Waals surface area contributed by atoms with Crippen molar-refractivity contribution in [2.45, 2.75) is 0 Å². The lowest BCUT2D eigenvalue weighted by Gasteiger charge is -2.18. The van der Waals surface area contributed by atoms with Crippen LogP contribution in [0.3, 0.4) is 0 Å². The van der Waals surface area contributed by atoms with Crippen LogP contribution in [0.2, 0.25) is 0 Å². The third-order valence-electron chi connectivity index (χ3n) is 1.54. The van der Waals surface area contributed by atoms with E-state index in [1.165, 1.54) is 11.3 Å². The van der Waals surface area contributed by atoms with Gasteiger partial charge in [-0.3, -0.25) is 0 Å². The number of nitrogens with zero attached hydrogens (tertiary/aromatic N) is 3. The van der Waals surface area contributed by atoms with Crippen LogP contribution in [0.15, 0.2) is 5.51 Å². The van der Waals surface area contributed by atoms with Gasteiger partial charge in [0, 0.05) is 26.1 Å². The SMILES string of the molecule is COCCN(CCCl)c1nncs1. The van der Waals surface area contributed by atoms with E-state index in [9.17, 15) is 0 Å². The van der Waals surface area contributed by atoms with E-state index in [4.69, 9.17) is 16.3 Å². The average molecular weight is 222 g/mol. The second kappa shape index (κ2) is 6.12. The number of anilines is 1. The van der Waals surface area contributed by atoms with Crippen LogP contribution in [0.4, 0.5) is 5.13 Å². The van der Waals surface area contributed by atoms with Gasteiger partial charge in [0.1, 0.15) is 5.51 Å². The molecular weight excluding hydrogens is 210 g/mol. The smallest absolute Gasteiger partial charge is 0.208 e. The molecule has 0 aliphatic heterocycles. The van der Waals surface area contributed by atoms with E-state index >= 15 is 0 Å². The molecule has 0 aliphatic rings. The van der Waals surface area contributed by atoms with Crippen molar-refractivity contribution < 1.29 is 4.74 Å². The molecule has 4 nitrogen and oxygen atoms in total. The molecule has 0 unspecified atom stereocenters. The molecule has 0 saturated heterocycles. The van der Waals surface area contributed by atoms with Crippen molar-refractivity contribution in [3.63, 3.8) is 0 Å². The van der Waals surface area contributed by atoms with Gasteiger partial charge in [0.15, 0.2) is 0 Å². The summed E-state index contributed by atoms with van der Waals surface area (Å²) in [6.07, 6.45) is 0. The summed E-state index contributed by atoms with van der Waals surface area (Å²) in [5.74, 6) is 0.587. The lowest BCUT2D eigenvalue weighted by Crippen LogP contribution is -2.29. The van der Waals surface area contributed by atoms with Gasteiger partial charge in [0.25, 0.3) is 0 Å². The molecule has 1 heterocycles. The molecule has 1 rings (SSSR count). The normalized spacial score (nSPS) is 10.3. The quantitative estimate of drug-likeness (QED) is 0.678. The van der Waals surface area contributed by atoms with Crippen molar-refractivity contribution >= 4 is 28.1 Å². The predicted molar refractivity (Wildman–Crippen MR) is 54.7 cm³/mol. The van der Waals surface area contributed by atoms with Gasteiger partial charge in [-0.05, 0) is 0 Å². The van der Waals surface area contributed by atoms with Crippen LogP contribution in [0.5, 0.6) is 0 Å². The third-order valence-corrected chi connectivity index (χ3v) is 2.46. The monoisotopic (exact) mass is 221 g/mol. The van der Waals surface area contributed by atoms with E-state index in [2.05, 4.69) is 15.1 Å². The lowest BCUT2D eigenvalue weighted by atomic mass is 10.5. The molecule has 0 bridgehead atoms. The van der Waals surface area contributed by atoms with Gasteiger partial charge in [0.05, 0.1) is 6.61 Å². The van der Waals surface area contributed by atoms with Gasteiger partial charge in [0.2, 0.25) is 5.13 Å². The fourth-order valence-electron chi connectivity index (χ4n) is 0.912. The lowest BCUT2D eigenvalue weighted by molar-refractivity contribution is 0.205. The van der Waals surface area contributed by atoms with Crippen molar-refractivity contribution in [1.29, 1.82) is 0 Å². The molecule has 0 aliphatic carbocycles. The summed E-state index contributed by atoms with van der Waals surface area (Å²) in [6.45, 7) is 2.26. The van der Waals surface area contributed by atoms with Crippen molar-refractivity contribution in [2.24, 2.45) is 0 Å². The Labute approximate surface area is 86.5 Å². The summed E-state index contributed by atoms with van der Waals surface area (Å²) in [6, 6.07) is 0. The standard InChI is InChI=1S/C7H12ClN3OS/c1-12-5-4-11(3-2-8)7-10-9-6-13-7/h6H,2-5H2,1H3. The highest BCUT2D eigenvalue weighted by Gasteiger charge is 2.07. The minimum Gasteiger partial charge on any atom is -0.383 e. The first-order valence-corrected chi connectivity index (χ1v) is 5.36. The number of halogens is 1. The maximum absolute atomic E-state index is 5.67. The number of hydrogen-bond acceptors (Lipinski definition) is 5. The highest BCUT2D eigenvalue weighted by Crippen LogP contribution is 2.14. The first kappa shape index (κ1) is 10.7. The maximum Gasteiger partial charge on any atom is 0.208 e. The number of alkyl halides is 1. The Kier molecular flexibility index (Phi) is 5.03. The van der Waals surface area contributed by atoms with Crippen molar-refractivity contribution in [3.05, 3.63) is 5.51 Å². The van der Waals surface area contributed by atoms with E-state index in [1.807, 2.05) is 0 Å². The molecule has 0 saturated carbocycles. The zero-order valence-electron chi connectivity index (χ0n) is 7.44. The van der Waals surface area contributed by atoms with Crippen LogP contribution in [-0.2, 0) is 4.74 Å². The summed E-state index contributed by atoms with van der Waals surface area (Å²) in [4.78, 5) is 2.06. The fourth-order valence-corrected chi connectivity index (χ4v) is 1.73. The third kappa shape index (κ3) is 3.46.